The fourth-order valence-corrected chi connectivity index (χ4v) is 2.87. The van der Waals surface area contributed by atoms with Gasteiger partial charge < -0.3 is 10.6 Å². The molecule has 0 aliphatic rings. The Morgan fingerprint density at radius 1 is 0.897 bits per heavy atom. The van der Waals surface area contributed by atoms with E-state index in [2.05, 4.69) is 29.7 Å². The van der Waals surface area contributed by atoms with Crippen LogP contribution in [0.1, 0.15) is 50.3 Å². The molecule has 2 aromatic carbocycles. The molecule has 0 aliphatic carbocycles. The quantitative estimate of drug-likeness (QED) is 0.526. The van der Waals surface area contributed by atoms with E-state index in [4.69, 9.17) is 10.6 Å². The normalized spacial score (nSPS) is 12.3. The first-order valence-electron chi connectivity index (χ1n) is 10.1. The predicted molar refractivity (Wildman–Crippen MR) is 115 cm³/mol. The summed E-state index contributed by atoms with van der Waals surface area (Å²) in [7, 11) is 0. The third-order valence-corrected chi connectivity index (χ3v) is 4.86. The highest BCUT2D eigenvalue weighted by Gasteiger charge is 2.29. The van der Waals surface area contributed by atoms with E-state index in [0.29, 0.717) is 0 Å². The average molecular weight is 397 g/mol. The van der Waals surface area contributed by atoms with Gasteiger partial charge in [-0.2, -0.15) is 5.48 Å². The van der Waals surface area contributed by atoms with Crippen LogP contribution in [0.15, 0.2) is 54.6 Å². The predicted octanol–water partition coefficient (Wildman–Crippen LogP) is 3.74. The Morgan fingerprint density at radius 3 is 1.97 bits per heavy atom. The summed E-state index contributed by atoms with van der Waals surface area (Å²) in [6.45, 7) is 5.51. The number of nitrogens with one attached hydrogen (secondary N) is 1. The number of nitrogens with two attached hydrogens (primary N) is 1. The molecule has 3 N–H and O–H groups in total. The molecule has 0 aromatic heterocycles. The lowest BCUT2D eigenvalue weighted by Gasteiger charge is -2.24. The summed E-state index contributed by atoms with van der Waals surface area (Å²) >= 11 is 0. The van der Waals surface area contributed by atoms with Gasteiger partial charge in [-0.1, -0.05) is 75.4 Å². The standard InChI is InChI=1S/C24H32N2O3/c1-24(2,3)22(25)23(28)29-26-21(27)17-20-15-13-19(14-16-20)12-8-7-11-18-9-5-4-6-10-18/h4-6,9-10,13-16,22H,7-8,11-12,17,25H2,1-3H3,(H,26,27)/t22-/m1/s1. The van der Waals surface area contributed by atoms with Gasteiger partial charge in [-0.05, 0) is 47.8 Å². The highest BCUT2D eigenvalue weighted by molar-refractivity contribution is 5.81. The Balaban J connectivity index is 1.70. The van der Waals surface area contributed by atoms with E-state index in [-0.39, 0.29) is 12.3 Å². The smallest absolute Gasteiger partial charge is 0.339 e. The largest absolute Gasteiger partial charge is 0.349 e. The number of hydroxylamine groups is 1. The van der Waals surface area contributed by atoms with E-state index in [0.717, 1.165) is 31.2 Å². The van der Waals surface area contributed by atoms with Gasteiger partial charge in [0.2, 0.25) is 0 Å². The first-order valence-corrected chi connectivity index (χ1v) is 10.1. The summed E-state index contributed by atoms with van der Waals surface area (Å²) in [5, 5.41) is 0. The van der Waals surface area contributed by atoms with Crippen molar-refractivity contribution in [1.82, 2.24) is 5.48 Å². The summed E-state index contributed by atoms with van der Waals surface area (Å²) in [4.78, 5) is 28.7. The van der Waals surface area contributed by atoms with E-state index in [1.54, 1.807) is 0 Å². The lowest BCUT2D eigenvalue weighted by atomic mass is 9.88. The van der Waals surface area contributed by atoms with Crippen molar-refractivity contribution < 1.29 is 14.4 Å². The van der Waals surface area contributed by atoms with Gasteiger partial charge in [0.1, 0.15) is 6.04 Å². The Morgan fingerprint density at radius 2 is 1.41 bits per heavy atom. The van der Waals surface area contributed by atoms with Crippen LogP contribution in [0.5, 0.6) is 0 Å². The lowest BCUT2D eigenvalue weighted by molar-refractivity contribution is -0.161. The number of aryl methyl sites for hydroxylation is 2. The summed E-state index contributed by atoms with van der Waals surface area (Å²) < 4.78 is 0. The number of unbranched alkanes of at least 4 members (excludes halogenated alkanes) is 1. The molecule has 2 rings (SSSR count). The molecule has 0 aliphatic heterocycles. The second-order valence-corrected chi connectivity index (χ2v) is 8.48. The fourth-order valence-electron chi connectivity index (χ4n) is 2.87. The molecule has 1 atom stereocenters. The van der Waals surface area contributed by atoms with Crippen LogP contribution < -0.4 is 11.2 Å². The number of carbonyl (C=O) groups is 2. The molecule has 0 heterocycles. The maximum Gasteiger partial charge on any atom is 0.349 e. The second-order valence-electron chi connectivity index (χ2n) is 8.48. The van der Waals surface area contributed by atoms with Crippen LogP contribution in [0.4, 0.5) is 0 Å². The van der Waals surface area contributed by atoms with Crippen LogP contribution in [0.3, 0.4) is 0 Å². The van der Waals surface area contributed by atoms with Crippen LogP contribution in [0.2, 0.25) is 0 Å². The molecule has 156 valence electrons. The molecular weight excluding hydrogens is 364 g/mol. The van der Waals surface area contributed by atoms with Gasteiger partial charge in [0, 0.05) is 0 Å². The zero-order valence-corrected chi connectivity index (χ0v) is 17.6. The molecule has 0 saturated heterocycles. The molecule has 29 heavy (non-hydrogen) atoms. The van der Waals surface area contributed by atoms with Gasteiger partial charge in [-0.3, -0.25) is 4.79 Å². The monoisotopic (exact) mass is 396 g/mol. The molecule has 0 bridgehead atoms. The van der Waals surface area contributed by atoms with E-state index in [1.165, 1.54) is 11.1 Å². The molecule has 2 aromatic rings. The van der Waals surface area contributed by atoms with Gasteiger partial charge in [0.05, 0.1) is 6.42 Å². The molecular formula is C24H32N2O3. The first-order chi connectivity index (χ1) is 13.8. The summed E-state index contributed by atoms with van der Waals surface area (Å²) in [6.07, 6.45) is 4.53. The van der Waals surface area contributed by atoms with Gasteiger partial charge in [0.25, 0.3) is 5.91 Å². The number of amides is 1. The maximum atomic E-state index is 12.0. The average Bonchev–Trinajstić information content (AvgIpc) is 2.70. The van der Waals surface area contributed by atoms with Gasteiger partial charge >= 0.3 is 5.97 Å². The highest BCUT2D eigenvalue weighted by Crippen LogP contribution is 2.18. The summed E-state index contributed by atoms with van der Waals surface area (Å²) in [6, 6.07) is 17.7. The SMILES string of the molecule is CC(C)(C)[C@H](N)C(=O)ONC(=O)Cc1ccc(CCCCc2ccccc2)cc1. The van der Waals surface area contributed by atoms with Crippen molar-refractivity contribution in [2.24, 2.45) is 11.1 Å². The minimum Gasteiger partial charge on any atom is -0.339 e. The van der Waals surface area contributed by atoms with Crippen LogP contribution in [-0.4, -0.2) is 17.9 Å². The number of hydrogen-bond donors (Lipinski definition) is 2. The van der Waals surface area contributed by atoms with Crippen molar-refractivity contribution in [3.05, 3.63) is 71.3 Å². The van der Waals surface area contributed by atoms with Gasteiger partial charge in [-0.15, -0.1) is 0 Å². The van der Waals surface area contributed by atoms with Crippen molar-refractivity contribution in [3.8, 4) is 0 Å². The van der Waals surface area contributed by atoms with Crippen molar-refractivity contribution >= 4 is 11.9 Å². The lowest BCUT2D eigenvalue weighted by Crippen LogP contribution is -2.46. The Labute approximate surface area is 173 Å². The van der Waals surface area contributed by atoms with Gasteiger partial charge in [0.15, 0.2) is 0 Å². The Bertz CT molecular complexity index is 780. The van der Waals surface area contributed by atoms with Crippen LogP contribution >= 0.6 is 0 Å². The first kappa shape index (κ1) is 22.6. The second kappa shape index (κ2) is 10.8. The molecule has 5 nitrogen and oxygen atoms in total. The summed E-state index contributed by atoms with van der Waals surface area (Å²) in [5.41, 5.74) is 11.1. The van der Waals surface area contributed by atoms with Crippen molar-refractivity contribution in [2.45, 2.75) is 58.9 Å². The molecule has 0 spiro atoms. The topological polar surface area (TPSA) is 81.4 Å². The number of hydrogen-bond acceptors (Lipinski definition) is 4. The van der Waals surface area contributed by atoms with Crippen LogP contribution in [0, 0.1) is 5.41 Å². The van der Waals surface area contributed by atoms with Gasteiger partial charge in [-0.25, -0.2) is 4.79 Å². The molecule has 0 fully saturated rings. The highest BCUT2D eigenvalue weighted by atomic mass is 16.7. The third-order valence-electron chi connectivity index (χ3n) is 4.86. The minimum absolute atomic E-state index is 0.145. The zero-order chi connectivity index (χ0) is 21.3. The fraction of sp³-hybridized carbons (Fsp3) is 0.417. The maximum absolute atomic E-state index is 12.0. The molecule has 5 heteroatoms. The van der Waals surface area contributed by atoms with Crippen molar-refractivity contribution in [2.75, 3.05) is 0 Å². The van der Waals surface area contributed by atoms with E-state index in [9.17, 15) is 9.59 Å². The molecule has 0 unspecified atom stereocenters. The number of carbonyl (C=O) groups excluding carboxylic acids is 2. The zero-order valence-electron chi connectivity index (χ0n) is 17.6. The van der Waals surface area contributed by atoms with Crippen molar-refractivity contribution in [1.29, 1.82) is 0 Å². The molecule has 0 saturated carbocycles. The van der Waals surface area contributed by atoms with E-state index >= 15 is 0 Å². The number of benzene rings is 2. The molecule has 0 radical (unpaired) electrons. The Kier molecular flexibility index (Phi) is 8.40. The van der Waals surface area contributed by atoms with Crippen molar-refractivity contribution in [3.63, 3.8) is 0 Å². The van der Waals surface area contributed by atoms with Crippen LogP contribution in [-0.2, 0) is 33.7 Å². The van der Waals surface area contributed by atoms with E-state index < -0.39 is 17.4 Å². The van der Waals surface area contributed by atoms with E-state index in [1.807, 2.05) is 51.1 Å². The third kappa shape index (κ3) is 8.08. The van der Waals surface area contributed by atoms with Crippen LogP contribution in [0.25, 0.3) is 0 Å². The summed E-state index contributed by atoms with van der Waals surface area (Å²) in [5.74, 6) is -1.02. The minimum atomic E-state index is -0.802. The number of rotatable bonds is 8. The Hall–Kier alpha value is -2.66. The molecule has 1 amide bonds.